The van der Waals surface area contributed by atoms with Gasteiger partial charge < -0.3 is 4.74 Å². The standard InChI is InChI=1S/C9H16O4S/c1-5-13-8(11)9(2,3)7(10)6-14(4)12/h5-6H2,1-4H3. The summed E-state index contributed by atoms with van der Waals surface area (Å²) in [7, 11) is -1.22. The molecule has 0 aliphatic heterocycles. The summed E-state index contributed by atoms with van der Waals surface area (Å²) in [4.78, 5) is 22.8. The summed E-state index contributed by atoms with van der Waals surface area (Å²) < 4.78 is 15.6. The van der Waals surface area contributed by atoms with Crippen molar-refractivity contribution in [3.8, 4) is 0 Å². The molecule has 0 saturated carbocycles. The van der Waals surface area contributed by atoms with Gasteiger partial charge >= 0.3 is 5.97 Å². The van der Waals surface area contributed by atoms with Crippen molar-refractivity contribution in [2.45, 2.75) is 20.8 Å². The molecule has 14 heavy (non-hydrogen) atoms. The lowest BCUT2D eigenvalue weighted by Crippen LogP contribution is -2.37. The predicted octanol–water partition coefficient (Wildman–Crippen LogP) is 0.523. The minimum Gasteiger partial charge on any atom is -0.465 e. The minimum atomic E-state index is -1.22. The molecule has 0 aliphatic carbocycles. The molecule has 0 fully saturated rings. The smallest absolute Gasteiger partial charge is 0.319 e. The highest BCUT2D eigenvalue weighted by molar-refractivity contribution is 7.85. The quantitative estimate of drug-likeness (QED) is 0.500. The van der Waals surface area contributed by atoms with Crippen LogP contribution in [0, 0.1) is 5.41 Å². The van der Waals surface area contributed by atoms with E-state index in [4.69, 9.17) is 4.74 Å². The average Bonchev–Trinajstić information content (AvgIpc) is 2.03. The van der Waals surface area contributed by atoms with Crippen LogP contribution in [0.25, 0.3) is 0 Å². The summed E-state index contributed by atoms with van der Waals surface area (Å²) in [5.74, 6) is -1.02. The Morgan fingerprint density at radius 3 is 2.21 bits per heavy atom. The maximum absolute atomic E-state index is 11.5. The molecule has 0 rings (SSSR count). The molecule has 0 N–H and O–H groups in total. The Kier molecular flexibility index (Phi) is 4.97. The molecule has 1 atom stereocenters. The van der Waals surface area contributed by atoms with Gasteiger partial charge in [-0.3, -0.25) is 13.8 Å². The highest BCUT2D eigenvalue weighted by Crippen LogP contribution is 2.19. The van der Waals surface area contributed by atoms with E-state index in [9.17, 15) is 13.8 Å². The van der Waals surface area contributed by atoms with Gasteiger partial charge in [0, 0.05) is 17.1 Å². The van der Waals surface area contributed by atoms with E-state index in [2.05, 4.69) is 0 Å². The number of Topliss-reactive ketones (excluding diaryl/α,β-unsaturated/α-hetero) is 1. The molecule has 0 radical (unpaired) electrons. The Morgan fingerprint density at radius 1 is 1.36 bits per heavy atom. The van der Waals surface area contributed by atoms with Gasteiger partial charge in [0.25, 0.3) is 0 Å². The molecule has 0 aliphatic rings. The predicted molar refractivity (Wildman–Crippen MR) is 54.4 cm³/mol. The molecule has 0 bridgehead atoms. The zero-order valence-electron chi connectivity index (χ0n) is 8.96. The molecular weight excluding hydrogens is 204 g/mol. The second-order valence-electron chi connectivity index (χ2n) is 3.49. The van der Waals surface area contributed by atoms with E-state index in [1.54, 1.807) is 6.92 Å². The second-order valence-corrected chi connectivity index (χ2v) is 4.92. The van der Waals surface area contributed by atoms with Crippen LogP contribution < -0.4 is 0 Å². The summed E-state index contributed by atoms with van der Waals surface area (Å²) in [5.41, 5.74) is -1.19. The maximum Gasteiger partial charge on any atom is 0.319 e. The van der Waals surface area contributed by atoms with E-state index in [1.807, 2.05) is 0 Å². The number of ketones is 1. The van der Waals surface area contributed by atoms with Crippen LogP contribution in [0.3, 0.4) is 0 Å². The van der Waals surface area contributed by atoms with Crippen molar-refractivity contribution in [1.29, 1.82) is 0 Å². The molecule has 0 aromatic heterocycles. The van der Waals surface area contributed by atoms with Gasteiger partial charge in [-0.05, 0) is 20.8 Å². The molecule has 0 aromatic carbocycles. The zero-order chi connectivity index (χ0) is 11.4. The Morgan fingerprint density at radius 2 is 1.86 bits per heavy atom. The van der Waals surface area contributed by atoms with Crippen molar-refractivity contribution in [2.24, 2.45) is 5.41 Å². The lowest BCUT2D eigenvalue weighted by Gasteiger charge is -2.19. The summed E-state index contributed by atoms with van der Waals surface area (Å²) in [6, 6.07) is 0. The Bertz CT molecular complexity index is 258. The van der Waals surface area contributed by atoms with Crippen LogP contribution in [0.1, 0.15) is 20.8 Å². The SMILES string of the molecule is CCOC(=O)C(C)(C)C(=O)CS(C)=O. The van der Waals surface area contributed by atoms with Crippen molar-refractivity contribution >= 4 is 22.6 Å². The van der Waals surface area contributed by atoms with Crippen molar-refractivity contribution in [1.82, 2.24) is 0 Å². The molecule has 0 aromatic rings. The monoisotopic (exact) mass is 220 g/mol. The third kappa shape index (κ3) is 3.57. The first-order chi connectivity index (χ1) is 6.32. The van der Waals surface area contributed by atoms with E-state index in [-0.39, 0.29) is 18.1 Å². The molecule has 0 saturated heterocycles. The van der Waals surface area contributed by atoms with Gasteiger partial charge in [0.05, 0.1) is 12.4 Å². The first kappa shape index (κ1) is 13.3. The van der Waals surface area contributed by atoms with E-state index in [0.29, 0.717) is 0 Å². The fourth-order valence-corrected chi connectivity index (χ4v) is 1.52. The molecule has 1 unspecified atom stereocenters. The van der Waals surface area contributed by atoms with E-state index in [0.717, 1.165) is 0 Å². The second kappa shape index (κ2) is 5.24. The van der Waals surface area contributed by atoms with E-state index >= 15 is 0 Å². The van der Waals surface area contributed by atoms with Crippen molar-refractivity contribution in [3.05, 3.63) is 0 Å². The Hall–Kier alpha value is -0.710. The molecular formula is C9H16O4S. The van der Waals surface area contributed by atoms with Gasteiger partial charge in [-0.15, -0.1) is 0 Å². The summed E-state index contributed by atoms with van der Waals surface area (Å²) in [6.07, 6.45) is 1.43. The van der Waals surface area contributed by atoms with Crippen LogP contribution in [0.4, 0.5) is 0 Å². The van der Waals surface area contributed by atoms with Gasteiger partial charge in [0.1, 0.15) is 5.41 Å². The van der Waals surface area contributed by atoms with Crippen molar-refractivity contribution in [2.75, 3.05) is 18.6 Å². The first-order valence-electron chi connectivity index (χ1n) is 4.33. The van der Waals surface area contributed by atoms with Gasteiger partial charge in [-0.25, -0.2) is 0 Å². The summed E-state index contributed by atoms with van der Waals surface area (Å²) >= 11 is 0. The van der Waals surface area contributed by atoms with Crippen LogP contribution in [-0.2, 0) is 25.1 Å². The number of rotatable bonds is 5. The molecule has 0 heterocycles. The highest BCUT2D eigenvalue weighted by atomic mass is 32.2. The number of esters is 1. The molecule has 5 heteroatoms. The molecule has 82 valence electrons. The van der Waals surface area contributed by atoms with Crippen molar-refractivity contribution in [3.63, 3.8) is 0 Å². The van der Waals surface area contributed by atoms with Crippen LogP contribution in [0.15, 0.2) is 0 Å². The first-order valence-corrected chi connectivity index (χ1v) is 6.05. The summed E-state index contributed by atoms with van der Waals surface area (Å²) in [6.45, 7) is 4.89. The zero-order valence-corrected chi connectivity index (χ0v) is 9.77. The topological polar surface area (TPSA) is 60.4 Å². The third-order valence-corrected chi connectivity index (χ3v) is 2.49. The fourth-order valence-electron chi connectivity index (χ4n) is 0.790. The van der Waals surface area contributed by atoms with E-state index in [1.165, 1.54) is 20.1 Å². The van der Waals surface area contributed by atoms with E-state index < -0.39 is 22.2 Å². The van der Waals surface area contributed by atoms with Gasteiger partial charge in [-0.1, -0.05) is 0 Å². The minimum absolute atomic E-state index is 0.105. The van der Waals surface area contributed by atoms with Crippen molar-refractivity contribution < 1.29 is 18.5 Å². The Labute approximate surface area is 86.5 Å². The van der Waals surface area contributed by atoms with Crippen LogP contribution >= 0.6 is 0 Å². The van der Waals surface area contributed by atoms with Gasteiger partial charge in [0.15, 0.2) is 5.78 Å². The lowest BCUT2D eigenvalue weighted by molar-refractivity contribution is -0.157. The van der Waals surface area contributed by atoms with Crippen LogP contribution in [0.2, 0.25) is 0 Å². The number of carbonyl (C=O) groups is 2. The average molecular weight is 220 g/mol. The van der Waals surface area contributed by atoms with Gasteiger partial charge in [-0.2, -0.15) is 0 Å². The number of carbonyl (C=O) groups excluding carboxylic acids is 2. The highest BCUT2D eigenvalue weighted by Gasteiger charge is 2.37. The number of hydrogen-bond acceptors (Lipinski definition) is 4. The van der Waals surface area contributed by atoms with Gasteiger partial charge in [0.2, 0.25) is 0 Å². The number of ether oxygens (including phenoxy) is 1. The lowest BCUT2D eigenvalue weighted by atomic mass is 9.89. The summed E-state index contributed by atoms with van der Waals surface area (Å²) in [5, 5.41) is 0. The van der Waals surface area contributed by atoms with Crippen LogP contribution in [0.5, 0.6) is 0 Å². The molecule has 0 amide bonds. The molecule has 0 spiro atoms. The third-order valence-electron chi connectivity index (χ3n) is 1.82. The number of hydrogen-bond donors (Lipinski definition) is 0. The Balaban J connectivity index is 4.51. The van der Waals surface area contributed by atoms with Crippen LogP contribution in [-0.4, -0.2) is 34.6 Å². The normalized spacial score (nSPS) is 13.4. The molecule has 4 nitrogen and oxygen atoms in total. The largest absolute Gasteiger partial charge is 0.465 e. The fraction of sp³-hybridized carbons (Fsp3) is 0.778. The maximum atomic E-state index is 11.5.